The van der Waals surface area contributed by atoms with E-state index in [1.807, 2.05) is 0 Å². The molecule has 0 aromatic heterocycles. The lowest BCUT2D eigenvalue weighted by Gasteiger charge is -2.14. The summed E-state index contributed by atoms with van der Waals surface area (Å²) in [6, 6.07) is 4.27. The van der Waals surface area contributed by atoms with E-state index in [0.29, 0.717) is 25.3 Å². The molecule has 1 aliphatic rings. The summed E-state index contributed by atoms with van der Waals surface area (Å²) in [4.78, 5) is 0.0890. The molecule has 18 heavy (non-hydrogen) atoms. The molecule has 7 heteroatoms. The first kappa shape index (κ1) is 13.1. The number of rotatable bonds is 4. The van der Waals surface area contributed by atoms with Gasteiger partial charge in [-0.15, -0.1) is 0 Å². The van der Waals surface area contributed by atoms with Crippen LogP contribution in [0.5, 0.6) is 5.75 Å². The van der Waals surface area contributed by atoms with Gasteiger partial charge in [0.25, 0.3) is 0 Å². The average molecular weight is 272 g/mol. The molecule has 0 aliphatic carbocycles. The van der Waals surface area contributed by atoms with Crippen LogP contribution in [-0.4, -0.2) is 34.8 Å². The highest BCUT2D eigenvalue weighted by atomic mass is 32.2. The van der Waals surface area contributed by atoms with Crippen LogP contribution in [0.25, 0.3) is 0 Å². The van der Waals surface area contributed by atoms with Crippen molar-refractivity contribution in [3.63, 3.8) is 0 Å². The highest BCUT2D eigenvalue weighted by Gasteiger charge is 2.25. The number of ether oxygens (including phenoxy) is 2. The Morgan fingerprint density at radius 3 is 2.89 bits per heavy atom. The molecule has 1 aromatic rings. The van der Waals surface area contributed by atoms with E-state index in [1.165, 1.54) is 25.3 Å². The lowest BCUT2D eigenvalue weighted by Crippen LogP contribution is -2.35. The highest BCUT2D eigenvalue weighted by molar-refractivity contribution is 7.89. The van der Waals surface area contributed by atoms with Gasteiger partial charge in [0.15, 0.2) is 0 Å². The molecule has 1 fully saturated rings. The summed E-state index contributed by atoms with van der Waals surface area (Å²) < 4.78 is 37.2. The molecule has 1 saturated heterocycles. The van der Waals surface area contributed by atoms with Crippen LogP contribution >= 0.6 is 0 Å². The molecule has 2 rings (SSSR count). The number of hydrogen-bond acceptors (Lipinski definition) is 5. The van der Waals surface area contributed by atoms with Crippen LogP contribution in [-0.2, 0) is 14.8 Å². The van der Waals surface area contributed by atoms with Crippen molar-refractivity contribution in [2.45, 2.75) is 17.4 Å². The van der Waals surface area contributed by atoms with Crippen molar-refractivity contribution >= 4 is 15.7 Å². The number of nitrogens with one attached hydrogen (secondary N) is 1. The van der Waals surface area contributed by atoms with Crippen molar-refractivity contribution < 1.29 is 17.9 Å². The molecule has 3 N–H and O–H groups in total. The van der Waals surface area contributed by atoms with Gasteiger partial charge in [-0.25, -0.2) is 13.1 Å². The zero-order chi connectivity index (χ0) is 13.2. The second-order valence-corrected chi connectivity index (χ2v) is 5.77. The molecule has 1 atom stereocenters. The lowest BCUT2D eigenvalue weighted by atomic mass is 10.3. The van der Waals surface area contributed by atoms with E-state index in [4.69, 9.17) is 15.2 Å². The van der Waals surface area contributed by atoms with Crippen LogP contribution in [0.2, 0.25) is 0 Å². The summed E-state index contributed by atoms with van der Waals surface area (Å²) in [6.07, 6.45) is 0.677. The Labute approximate surface area is 106 Å². The van der Waals surface area contributed by atoms with Gasteiger partial charge in [-0.3, -0.25) is 0 Å². The van der Waals surface area contributed by atoms with Gasteiger partial charge in [0, 0.05) is 24.4 Å². The van der Waals surface area contributed by atoms with Crippen LogP contribution in [0.3, 0.4) is 0 Å². The molecule has 0 amide bonds. The van der Waals surface area contributed by atoms with Gasteiger partial charge in [-0.1, -0.05) is 0 Å². The number of methoxy groups -OCH3 is 1. The Balaban J connectivity index is 2.28. The summed E-state index contributed by atoms with van der Waals surface area (Å²) >= 11 is 0. The van der Waals surface area contributed by atoms with Crippen molar-refractivity contribution in [2.24, 2.45) is 0 Å². The predicted molar refractivity (Wildman–Crippen MR) is 67.0 cm³/mol. The zero-order valence-electron chi connectivity index (χ0n) is 10.0. The van der Waals surface area contributed by atoms with Crippen molar-refractivity contribution in [3.8, 4) is 5.75 Å². The Morgan fingerprint density at radius 2 is 2.28 bits per heavy atom. The molecule has 6 nitrogen and oxygen atoms in total. The van der Waals surface area contributed by atoms with Crippen molar-refractivity contribution in [3.05, 3.63) is 18.2 Å². The fourth-order valence-electron chi connectivity index (χ4n) is 1.82. The van der Waals surface area contributed by atoms with E-state index in [2.05, 4.69) is 4.72 Å². The topological polar surface area (TPSA) is 90.7 Å². The first-order valence-corrected chi connectivity index (χ1v) is 7.05. The third-order valence-corrected chi connectivity index (χ3v) is 4.29. The Morgan fingerprint density at radius 1 is 1.50 bits per heavy atom. The molecule has 100 valence electrons. The second-order valence-electron chi connectivity index (χ2n) is 4.09. The molecule has 1 heterocycles. The molecule has 0 saturated carbocycles. The van der Waals surface area contributed by atoms with E-state index >= 15 is 0 Å². The molecular weight excluding hydrogens is 256 g/mol. The molecule has 0 bridgehead atoms. The van der Waals surface area contributed by atoms with Gasteiger partial charge in [-0.2, -0.15) is 0 Å². The lowest BCUT2D eigenvalue weighted by molar-refractivity contribution is 0.192. The summed E-state index contributed by atoms with van der Waals surface area (Å²) in [5.74, 6) is 0.237. The van der Waals surface area contributed by atoms with Gasteiger partial charge >= 0.3 is 0 Å². The minimum absolute atomic E-state index is 0.0890. The molecule has 1 unspecified atom stereocenters. The number of nitrogens with two attached hydrogens (primary N) is 1. The van der Waals surface area contributed by atoms with Crippen LogP contribution in [0.1, 0.15) is 6.42 Å². The van der Waals surface area contributed by atoms with Crippen molar-refractivity contribution in [1.82, 2.24) is 4.72 Å². The fourth-order valence-corrected chi connectivity index (χ4v) is 3.22. The maximum absolute atomic E-state index is 12.2. The SMILES string of the molecule is COc1cc(N)ccc1S(=O)(=O)NC1CCOC1. The molecular formula is C11H16N2O4S. The second kappa shape index (κ2) is 5.13. The molecule has 0 spiro atoms. The number of anilines is 1. The van der Waals surface area contributed by atoms with Gasteiger partial charge in [-0.05, 0) is 18.6 Å². The minimum Gasteiger partial charge on any atom is -0.495 e. The number of hydrogen-bond donors (Lipinski definition) is 2. The normalized spacial score (nSPS) is 19.9. The first-order chi connectivity index (χ1) is 8.53. The predicted octanol–water partition coefficient (Wildman–Crippen LogP) is 0.345. The quantitative estimate of drug-likeness (QED) is 0.772. The summed E-state index contributed by atoms with van der Waals surface area (Å²) in [7, 11) is -2.20. The molecule has 1 aromatic carbocycles. The number of nitrogen functional groups attached to an aromatic ring is 1. The van der Waals surface area contributed by atoms with Crippen LogP contribution < -0.4 is 15.2 Å². The standard InChI is InChI=1S/C11H16N2O4S/c1-16-10-6-8(12)2-3-11(10)18(14,15)13-9-4-5-17-7-9/h2-3,6,9,13H,4-5,7,12H2,1H3. The summed E-state index contributed by atoms with van der Waals surface area (Å²) in [6.45, 7) is 0.975. The summed E-state index contributed by atoms with van der Waals surface area (Å²) in [5.41, 5.74) is 6.05. The van der Waals surface area contributed by atoms with Crippen LogP contribution in [0, 0.1) is 0 Å². The van der Waals surface area contributed by atoms with Gasteiger partial charge in [0.2, 0.25) is 10.0 Å². The average Bonchev–Trinajstić information content (AvgIpc) is 2.80. The minimum atomic E-state index is -3.61. The highest BCUT2D eigenvalue weighted by Crippen LogP contribution is 2.26. The van der Waals surface area contributed by atoms with E-state index in [-0.39, 0.29) is 16.7 Å². The van der Waals surface area contributed by atoms with Crippen LogP contribution in [0.15, 0.2) is 23.1 Å². The number of sulfonamides is 1. The zero-order valence-corrected chi connectivity index (χ0v) is 10.9. The Hall–Kier alpha value is -1.31. The van der Waals surface area contributed by atoms with Crippen molar-refractivity contribution in [2.75, 3.05) is 26.1 Å². The molecule has 1 aliphatic heterocycles. The van der Waals surface area contributed by atoms with E-state index in [1.54, 1.807) is 0 Å². The van der Waals surface area contributed by atoms with Gasteiger partial charge in [0.05, 0.1) is 13.7 Å². The van der Waals surface area contributed by atoms with Crippen molar-refractivity contribution in [1.29, 1.82) is 0 Å². The van der Waals surface area contributed by atoms with E-state index < -0.39 is 10.0 Å². The number of benzene rings is 1. The smallest absolute Gasteiger partial charge is 0.244 e. The third kappa shape index (κ3) is 2.74. The van der Waals surface area contributed by atoms with E-state index in [0.717, 1.165) is 0 Å². The summed E-state index contributed by atoms with van der Waals surface area (Å²) in [5, 5.41) is 0. The monoisotopic (exact) mass is 272 g/mol. The Bertz CT molecular complexity index is 524. The van der Waals surface area contributed by atoms with Gasteiger partial charge in [0.1, 0.15) is 10.6 Å². The van der Waals surface area contributed by atoms with E-state index in [9.17, 15) is 8.42 Å². The third-order valence-electron chi connectivity index (χ3n) is 2.73. The molecule has 0 radical (unpaired) electrons. The van der Waals surface area contributed by atoms with Crippen LogP contribution in [0.4, 0.5) is 5.69 Å². The largest absolute Gasteiger partial charge is 0.495 e. The van der Waals surface area contributed by atoms with Gasteiger partial charge < -0.3 is 15.2 Å². The Kier molecular flexibility index (Phi) is 3.74. The first-order valence-electron chi connectivity index (χ1n) is 5.56. The maximum atomic E-state index is 12.2. The fraction of sp³-hybridized carbons (Fsp3) is 0.455. The maximum Gasteiger partial charge on any atom is 0.244 e.